The molecule has 202 valence electrons. The van der Waals surface area contributed by atoms with Gasteiger partial charge in [-0.05, 0) is 60.7 Å². The maximum atomic E-state index is 12.8. The Morgan fingerprint density at radius 1 is 0.950 bits per heavy atom. The first kappa shape index (κ1) is 26.4. The van der Waals surface area contributed by atoms with Gasteiger partial charge >= 0.3 is 6.09 Å². The van der Waals surface area contributed by atoms with Crippen molar-refractivity contribution in [3.63, 3.8) is 0 Å². The molecule has 0 aliphatic carbocycles. The maximum Gasteiger partial charge on any atom is 0.412 e. The fourth-order valence-electron chi connectivity index (χ4n) is 4.09. The van der Waals surface area contributed by atoms with Gasteiger partial charge in [-0.15, -0.1) is 0 Å². The van der Waals surface area contributed by atoms with E-state index < -0.39 is 24.4 Å². The maximum absolute atomic E-state index is 12.8. The van der Waals surface area contributed by atoms with Gasteiger partial charge in [-0.3, -0.25) is 9.59 Å². The van der Waals surface area contributed by atoms with Gasteiger partial charge in [0, 0.05) is 40.5 Å². The number of rotatable bonds is 8. The minimum absolute atomic E-state index is 0.125. The van der Waals surface area contributed by atoms with E-state index in [4.69, 9.17) is 9.84 Å². The summed E-state index contributed by atoms with van der Waals surface area (Å²) in [6.07, 6.45) is -0.374. The van der Waals surface area contributed by atoms with E-state index in [0.29, 0.717) is 33.4 Å². The SMILES string of the molecule is O=C(NCC(O)CO)Oc1ccc2c(c1)c(=O)[nH]c1nccc(Nc3ccc(NC(=O)c4ccccc4)cc3)c12. The number of carbonyl (C=O) groups is 2. The number of aliphatic hydroxyl groups excluding tert-OH is 2. The van der Waals surface area contributed by atoms with E-state index >= 15 is 0 Å². The molecule has 0 aliphatic rings. The van der Waals surface area contributed by atoms with Gasteiger partial charge < -0.3 is 35.9 Å². The molecule has 2 heterocycles. The standard InChI is InChI=1S/C29H25N5O6/c35-16-20(36)15-31-29(39)40-21-10-11-22-23(14-21)28(38)34-26-25(22)24(12-13-30-26)32-18-6-8-19(9-7-18)33-27(37)17-4-2-1-3-5-17/h1-14,20,35-36H,15-16H2,(H,31,39)(H,33,37)(H2,30,32,34,38). The summed E-state index contributed by atoms with van der Waals surface area (Å²) >= 11 is 0. The fourth-order valence-corrected chi connectivity index (χ4v) is 4.09. The van der Waals surface area contributed by atoms with Crippen molar-refractivity contribution >= 4 is 50.9 Å². The Labute approximate surface area is 227 Å². The zero-order chi connectivity index (χ0) is 28.1. The average molecular weight is 540 g/mol. The molecule has 1 atom stereocenters. The highest BCUT2D eigenvalue weighted by Crippen LogP contribution is 2.31. The minimum atomic E-state index is -1.11. The molecule has 0 fully saturated rings. The van der Waals surface area contributed by atoms with E-state index in [-0.39, 0.29) is 23.6 Å². The molecule has 0 saturated carbocycles. The summed E-state index contributed by atoms with van der Waals surface area (Å²) in [7, 11) is 0. The Morgan fingerprint density at radius 3 is 2.45 bits per heavy atom. The van der Waals surface area contributed by atoms with Crippen molar-refractivity contribution in [2.75, 3.05) is 23.8 Å². The van der Waals surface area contributed by atoms with E-state index in [1.807, 2.05) is 18.2 Å². The number of hydrogen-bond donors (Lipinski definition) is 6. The second-order valence-electron chi connectivity index (χ2n) is 8.87. The van der Waals surface area contributed by atoms with Gasteiger partial charge in [0.1, 0.15) is 11.4 Å². The number of ether oxygens (including phenoxy) is 1. The van der Waals surface area contributed by atoms with E-state index in [1.54, 1.807) is 60.8 Å². The molecule has 11 nitrogen and oxygen atoms in total. The lowest BCUT2D eigenvalue weighted by Gasteiger charge is -2.13. The molecule has 0 bridgehead atoms. The third-order valence-corrected chi connectivity index (χ3v) is 6.05. The van der Waals surface area contributed by atoms with Crippen LogP contribution in [0.2, 0.25) is 0 Å². The lowest BCUT2D eigenvalue weighted by atomic mass is 10.1. The van der Waals surface area contributed by atoms with E-state index in [2.05, 4.69) is 25.9 Å². The van der Waals surface area contributed by atoms with Crippen molar-refractivity contribution in [1.29, 1.82) is 0 Å². The van der Waals surface area contributed by atoms with Gasteiger partial charge in [-0.1, -0.05) is 18.2 Å². The summed E-state index contributed by atoms with van der Waals surface area (Å²) in [5, 5.41) is 28.3. The molecule has 2 amide bonds. The van der Waals surface area contributed by atoms with Crippen molar-refractivity contribution in [1.82, 2.24) is 15.3 Å². The molecule has 40 heavy (non-hydrogen) atoms. The Hall–Kier alpha value is -5.26. The normalized spacial score (nSPS) is 11.7. The van der Waals surface area contributed by atoms with Crippen LogP contribution in [0.15, 0.2) is 89.9 Å². The molecule has 2 aromatic heterocycles. The van der Waals surface area contributed by atoms with Gasteiger partial charge in [0.2, 0.25) is 0 Å². The van der Waals surface area contributed by atoms with Crippen LogP contribution >= 0.6 is 0 Å². The summed E-state index contributed by atoms with van der Waals surface area (Å²) in [5.74, 6) is -0.0830. The largest absolute Gasteiger partial charge is 0.412 e. The highest BCUT2D eigenvalue weighted by atomic mass is 16.6. The van der Waals surface area contributed by atoms with Crippen LogP contribution in [0.25, 0.3) is 21.8 Å². The lowest BCUT2D eigenvalue weighted by molar-refractivity contribution is 0.0937. The monoisotopic (exact) mass is 539 g/mol. The molecule has 0 spiro atoms. The molecule has 11 heteroatoms. The van der Waals surface area contributed by atoms with Crippen LogP contribution in [0.5, 0.6) is 5.75 Å². The number of pyridine rings is 2. The highest BCUT2D eigenvalue weighted by Gasteiger charge is 2.14. The number of H-pyrrole nitrogens is 1. The summed E-state index contributed by atoms with van der Waals surface area (Å²) in [6.45, 7) is -0.687. The first-order valence-electron chi connectivity index (χ1n) is 12.3. The van der Waals surface area contributed by atoms with Crippen LogP contribution < -0.4 is 26.2 Å². The highest BCUT2D eigenvalue weighted by molar-refractivity contribution is 6.11. The van der Waals surface area contributed by atoms with E-state index in [1.165, 1.54) is 6.07 Å². The van der Waals surface area contributed by atoms with Crippen molar-refractivity contribution in [2.45, 2.75) is 6.10 Å². The number of aliphatic hydroxyl groups is 2. The molecule has 5 aromatic rings. The molecule has 3 aromatic carbocycles. The number of nitrogens with one attached hydrogen (secondary N) is 4. The van der Waals surface area contributed by atoms with Crippen LogP contribution in [0.1, 0.15) is 10.4 Å². The average Bonchev–Trinajstić information content (AvgIpc) is 2.97. The smallest absolute Gasteiger partial charge is 0.410 e. The van der Waals surface area contributed by atoms with Crippen LogP contribution in [-0.4, -0.2) is 51.4 Å². The Morgan fingerprint density at radius 2 is 1.70 bits per heavy atom. The van der Waals surface area contributed by atoms with Crippen LogP contribution in [-0.2, 0) is 0 Å². The number of anilines is 3. The summed E-state index contributed by atoms with van der Waals surface area (Å²) in [4.78, 5) is 44.3. The fraction of sp³-hybridized carbons (Fsp3) is 0.103. The zero-order valence-electron chi connectivity index (χ0n) is 21.0. The molecule has 0 saturated heterocycles. The second kappa shape index (κ2) is 11.6. The first-order chi connectivity index (χ1) is 19.4. The predicted molar refractivity (Wildman–Crippen MR) is 151 cm³/mol. The van der Waals surface area contributed by atoms with Gasteiger partial charge in [0.25, 0.3) is 11.5 Å². The Balaban J connectivity index is 1.38. The third-order valence-electron chi connectivity index (χ3n) is 6.05. The molecule has 6 N–H and O–H groups in total. The number of aromatic nitrogens is 2. The topological polar surface area (TPSA) is 166 Å². The lowest BCUT2D eigenvalue weighted by Crippen LogP contribution is -2.35. The molecule has 0 aliphatic heterocycles. The van der Waals surface area contributed by atoms with Gasteiger partial charge in [0.05, 0.1) is 23.8 Å². The number of aromatic amines is 1. The van der Waals surface area contributed by atoms with E-state index in [9.17, 15) is 19.5 Å². The third kappa shape index (κ3) is 5.90. The van der Waals surface area contributed by atoms with Crippen molar-refractivity contribution in [3.8, 4) is 5.75 Å². The minimum Gasteiger partial charge on any atom is -0.410 e. The molecule has 1 unspecified atom stereocenters. The first-order valence-corrected chi connectivity index (χ1v) is 12.3. The molecule has 0 radical (unpaired) electrons. The molecular formula is C29H25N5O6. The Bertz CT molecular complexity index is 1740. The summed E-state index contributed by atoms with van der Waals surface area (Å²) in [6, 6.07) is 22.5. The number of benzene rings is 3. The van der Waals surface area contributed by atoms with Crippen molar-refractivity contribution in [3.05, 3.63) is 101 Å². The number of amides is 2. The quantitative estimate of drug-likeness (QED) is 0.163. The summed E-state index contributed by atoms with van der Waals surface area (Å²) < 4.78 is 5.22. The Kier molecular flexibility index (Phi) is 7.67. The zero-order valence-corrected chi connectivity index (χ0v) is 21.0. The second-order valence-corrected chi connectivity index (χ2v) is 8.87. The van der Waals surface area contributed by atoms with Crippen molar-refractivity contribution < 1.29 is 24.5 Å². The van der Waals surface area contributed by atoms with Gasteiger partial charge in [0.15, 0.2) is 0 Å². The molecule has 5 rings (SSSR count). The molecular weight excluding hydrogens is 514 g/mol. The van der Waals surface area contributed by atoms with E-state index in [0.717, 1.165) is 5.69 Å². The van der Waals surface area contributed by atoms with Crippen molar-refractivity contribution in [2.24, 2.45) is 0 Å². The van der Waals surface area contributed by atoms with Gasteiger partial charge in [-0.2, -0.15) is 0 Å². The predicted octanol–water partition coefficient (Wildman–Crippen LogP) is 3.51. The number of fused-ring (bicyclic) bond motifs is 3. The van der Waals surface area contributed by atoms with Gasteiger partial charge in [-0.25, -0.2) is 9.78 Å². The number of nitrogens with zero attached hydrogens (tertiary/aromatic N) is 1. The number of carbonyl (C=O) groups excluding carboxylic acids is 2. The van der Waals surface area contributed by atoms with Crippen LogP contribution in [0.3, 0.4) is 0 Å². The van der Waals surface area contributed by atoms with Crippen LogP contribution in [0, 0.1) is 0 Å². The van der Waals surface area contributed by atoms with Crippen LogP contribution in [0.4, 0.5) is 21.9 Å². The number of hydrogen-bond acceptors (Lipinski definition) is 8. The summed E-state index contributed by atoms with van der Waals surface area (Å²) in [5.41, 5.74) is 2.58.